The van der Waals surface area contributed by atoms with Gasteiger partial charge in [-0.3, -0.25) is 0 Å². The predicted octanol–water partition coefficient (Wildman–Crippen LogP) is 12.1. The summed E-state index contributed by atoms with van der Waals surface area (Å²) in [5, 5.41) is 4.77. The van der Waals surface area contributed by atoms with E-state index < -0.39 is 0 Å². The molecule has 0 fully saturated rings. The smallest absolute Gasteiger partial charge is 0.135 e. The van der Waals surface area contributed by atoms with Crippen LogP contribution in [0, 0.1) is 18.8 Å². The zero-order valence-corrected chi connectivity index (χ0v) is 32.5. The average molecular weight is 865 g/mol. The Hall–Kier alpha value is -4.64. The maximum absolute atomic E-state index is 6.58. The first-order valence-corrected chi connectivity index (χ1v) is 17.9. The Kier molecular flexibility index (Phi) is 8.05. The molecular weight excluding hydrogens is 828 g/mol. The van der Waals surface area contributed by atoms with Crippen molar-refractivity contribution in [3.05, 3.63) is 134 Å². The third kappa shape index (κ3) is 5.60. The summed E-state index contributed by atoms with van der Waals surface area (Å²) in [5.41, 5.74) is 6.38. The Morgan fingerprint density at radius 1 is 0.706 bits per heavy atom. The second-order valence-corrected chi connectivity index (χ2v) is 16.1. The number of fused-ring (bicyclic) bond motifs is 8. The van der Waals surface area contributed by atoms with Crippen molar-refractivity contribution in [3.8, 4) is 17.3 Å². The van der Waals surface area contributed by atoms with E-state index in [-0.39, 0.29) is 32.0 Å². The van der Waals surface area contributed by atoms with Gasteiger partial charge in [-0.1, -0.05) is 62.7 Å². The van der Waals surface area contributed by atoms with Crippen LogP contribution in [0.2, 0.25) is 0 Å². The van der Waals surface area contributed by atoms with E-state index in [0.29, 0.717) is 11.5 Å². The van der Waals surface area contributed by atoms with Gasteiger partial charge in [0.15, 0.2) is 0 Å². The number of nitrogens with zero attached hydrogens (tertiary/aromatic N) is 4. The number of thiophene rings is 1. The fourth-order valence-electron chi connectivity index (χ4n) is 7.11. The molecule has 9 rings (SSSR count). The molecule has 7 heteroatoms. The van der Waals surface area contributed by atoms with Gasteiger partial charge in [-0.25, -0.2) is 4.98 Å². The van der Waals surface area contributed by atoms with Gasteiger partial charge in [0.2, 0.25) is 0 Å². The van der Waals surface area contributed by atoms with Gasteiger partial charge in [-0.05, 0) is 73.5 Å². The molecule has 258 valence electrons. The van der Waals surface area contributed by atoms with Crippen molar-refractivity contribution in [2.24, 2.45) is 0 Å². The van der Waals surface area contributed by atoms with Crippen LogP contribution < -0.4 is 14.5 Å². The summed E-state index contributed by atoms with van der Waals surface area (Å²) in [5.74, 6) is 2.12. The maximum atomic E-state index is 6.58. The number of para-hydroxylation sites is 2. The molecule has 4 heterocycles. The largest absolute Gasteiger partial charge is 0.509 e. The molecule has 0 bridgehead atoms. The topological polar surface area (TPSA) is 33.5 Å². The van der Waals surface area contributed by atoms with Crippen molar-refractivity contribution >= 4 is 70.4 Å². The molecular formula is C44H37N4OPtS-3. The number of hydrogen-bond donors (Lipinski definition) is 0. The van der Waals surface area contributed by atoms with Crippen LogP contribution in [-0.4, -0.2) is 15.1 Å². The van der Waals surface area contributed by atoms with Crippen LogP contribution in [0.3, 0.4) is 0 Å². The Bertz CT molecular complexity index is 2610. The number of ether oxygens (including phenoxy) is 1. The molecule has 3 aromatic heterocycles. The minimum atomic E-state index is -0.0794. The van der Waals surface area contributed by atoms with Crippen LogP contribution in [0.1, 0.15) is 47.1 Å². The van der Waals surface area contributed by atoms with Gasteiger partial charge in [-0.2, -0.15) is 18.8 Å². The Balaban J connectivity index is 0.00000374. The number of anilines is 3. The minimum Gasteiger partial charge on any atom is -0.509 e. The minimum absolute atomic E-state index is 0. The zero-order chi connectivity index (χ0) is 34.4. The molecule has 51 heavy (non-hydrogen) atoms. The molecule has 8 aromatic rings. The number of pyridine rings is 1. The van der Waals surface area contributed by atoms with Gasteiger partial charge in [0, 0.05) is 75.8 Å². The second kappa shape index (κ2) is 12.2. The standard InChI is InChI=1S/C44H37N4OS.Pt/c1-43(2,3)28-22-23-45-40(24-28)48-37-26-31(18-19-32(37)33-20-21-39-41(42(33)48)34-14-7-10-17-38(34)50-39)49-30-13-11-12-29(25-30)46-27-47(44(4,5)6)36-16-9-8-15-35(36)46;/h7-24,27H,1-6H3;/q-3;. The number of aromatic nitrogens is 2. The van der Waals surface area contributed by atoms with Gasteiger partial charge >= 0.3 is 0 Å². The Morgan fingerprint density at radius 2 is 1.45 bits per heavy atom. The molecule has 5 nitrogen and oxygen atoms in total. The molecule has 0 amide bonds. The molecule has 5 aromatic carbocycles. The summed E-state index contributed by atoms with van der Waals surface area (Å²) in [4.78, 5) is 9.45. The molecule has 0 unspecified atom stereocenters. The van der Waals surface area contributed by atoms with E-state index in [4.69, 9.17) is 9.72 Å². The SMILES string of the molecule is CC(C)(C)c1ccnc(-n2c3[c-]c(Oc4[c-]c(N5[CH-]N(C(C)(C)C)c6ccccc65)ccc4)ccc3c3ccc4sc5ccccc5c4c32)c1.[Pt]. The van der Waals surface area contributed by atoms with Crippen LogP contribution in [-0.2, 0) is 26.5 Å². The van der Waals surface area contributed by atoms with Gasteiger partial charge in [0.05, 0.1) is 5.52 Å². The van der Waals surface area contributed by atoms with Gasteiger partial charge < -0.3 is 19.1 Å². The molecule has 0 aliphatic carbocycles. The molecule has 0 spiro atoms. The third-order valence-electron chi connectivity index (χ3n) is 9.58. The van der Waals surface area contributed by atoms with Crippen LogP contribution >= 0.6 is 11.3 Å². The Labute approximate surface area is 317 Å². The summed E-state index contributed by atoms with van der Waals surface area (Å²) in [6.45, 7) is 15.5. The molecule has 1 aliphatic rings. The van der Waals surface area contributed by atoms with Crippen LogP contribution in [0.15, 0.2) is 109 Å². The summed E-state index contributed by atoms with van der Waals surface area (Å²) in [6.07, 6.45) is 1.93. The first-order chi connectivity index (χ1) is 24.0. The van der Waals surface area contributed by atoms with E-state index in [1.165, 1.54) is 36.8 Å². The average Bonchev–Trinajstić information content (AvgIpc) is 3.77. The molecule has 1 aliphatic heterocycles. The molecule has 0 atom stereocenters. The van der Waals surface area contributed by atoms with E-state index in [2.05, 4.69) is 160 Å². The summed E-state index contributed by atoms with van der Waals surface area (Å²) < 4.78 is 11.4. The molecule has 0 N–H and O–H groups in total. The van der Waals surface area contributed by atoms with Crippen molar-refractivity contribution in [2.45, 2.75) is 52.5 Å². The van der Waals surface area contributed by atoms with Crippen molar-refractivity contribution in [1.29, 1.82) is 0 Å². The normalized spacial score (nSPS) is 13.4. The van der Waals surface area contributed by atoms with E-state index in [1.54, 1.807) is 0 Å². The molecule has 0 saturated carbocycles. The molecule has 0 saturated heterocycles. The first kappa shape index (κ1) is 33.5. The Morgan fingerprint density at radius 3 is 2.25 bits per heavy atom. The maximum Gasteiger partial charge on any atom is 0.135 e. The van der Waals surface area contributed by atoms with Crippen LogP contribution in [0.4, 0.5) is 17.1 Å². The number of hydrogen-bond acceptors (Lipinski definition) is 5. The van der Waals surface area contributed by atoms with E-state index in [0.717, 1.165) is 33.6 Å². The van der Waals surface area contributed by atoms with E-state index in [9.17, 15) is 0 Å². The predicted molar refractivity (Wildman–Crippen MR) is 209 cm³/mol. The van der Waals surface area contributed by atoms with Crippen LogP contribution in [0.5, 0.6) is 11.5 Å². The fourth-order valence-corrected chi connectivity index (χ4v) is 8.21. The van der Waals surface area contributed by atoms with Crippen molar-refractivity contribution in [2.75, 3.05) is 9.80 Å². The summed E-state index contributed by atoms with van der Waals surface area (Å²) in [7, 11) is 0. The fraction of sp³-hybridized carbons (Fsp3) is 0.182. The third-order valence-corrected chi connectivity index (χ3v) is 10.7. The van der Waals surface area contributed by atoms with Crippen LogP contribution in [0.25, 0.3) is 47.8 Å². The van der Waals surface area contributed by atoms with Gasteiger partial charge in [0.1, 0.15) is 5.82 Å². The van der Waals surface area contributed by atoms with E-state index >= 15 is 0 Å². The van der Waals surface area contributed by atoms with E-state index in [1.807, 2.05) is 35.7 Å². The monoisotopic (exact) mass is 864 g/mol. The van der Waals surface area contributed by atoms with Crippen molar-refractivity contribution in [3.63, 3.8) is 0 Å². The second-order valence-electron chi connectivity index (χ2n) is 15.0. The van der Waals surface area contributed by atoms with Gasteiger partial charge in [-0.15, -0.1) is 52.7 Å². The van der Waals surface area contributed by atoms with Crippen molar-refractivity contribution in [1.82, 2.24) is 9.55 Å². The first-order valence-electron chi connectivity index (χ1n) is 17.0. The zero-order valence-electron chi connectivity index (χ0n) is 29.4. The number of benzene rings is 5. The molecule has 0 radical (unpaired) electrons. The quantitative estimate of drug-likeness (QED) is 0.165. The summed E-state index contributed by atoms with van der Waals surface area (Å²) in [6, 6.07) is 43.4. The van der Waals surface area contributed by atoms with Gasteiger partial charge in [0.25, 0.3) is 0 Å². The van der Waals surface area contributed by atoms with Crippen molar-refractivity contribution < 1.29 is 25.8 Å². The number of rotatable bonds is 4. The summed E-state index contributed by atoms with van der Waals surface area (Å²) >= 11 is 1.83.